The topological polar surface area (TPSA) is 83.5 Å². The van der Waals surface area contributed by atoms with E-state index in [4.69, 9.17) is 5.11 Å². The molecule has 1 aliphatic carbocycles. The summed E-state index contributed by atoms with van der Waals surface area (Å²) in [6.07, 6.45) is 1.55. The summed E-state index contributed by atoms with van der Waals surface area (Å²) >= 11 is 0. The van der Waals surface area contributed by atoms with Gasteiger partial charge in [0, 0.05) is 17.2 Å². The molecule has 20 heavy (non-hydrogen) atoms. The Morgan fingerprint density at radius 2 is 1.70 bits per heavy atom. The van der Waals surface area contributed by atoms with Crippen molar-refractivity contribution < 1.29 is 19.5 Å². The highest BCUT2D eigenvalue weighted by atomic mass is 16.4. The molecule has 0 aliphatic heterocycles. The molecule has 1 fully saturated rings. The molecular weight excluding hydrogens is 258 g/mol. The zero-order chi connectivity index (χ0) is 14.7. The summed E-state index contributed by atoms with van der Waals surface area (Å²) in [5.74, 6) is -1.66. The Morgan fingerprint density at radius 1 is 1.10 bits per heavy atom. The van der Waals surface area contributed by atoms with E-state index in [0.29, 0.717) is 30.5 Å². The van der Waals surface area contributed by atoms with Gasteiger partial charge in [-0.25, -0.2) is 0 Å². The summed E-state index contributed by atoms with van der Waals surface area (Å²) in [6.45, 7) is 1.48. The smallest absolute Gasteiger partial charge is 0.306 e. The number of amides is 1. The lowest BCUT2D eigenvalue weighted by Gasteiger charge is -2.11. The first-order valence-corrected chi connectivity index (χ1v) is 6.62. The molecule has 106 valence electrons. The van der Waals surface area contributed by atoms with E-state index in [9.17, 15) is 14.4 Å². The maximum atomic E-state index is 12.0. The summed E-state index contributed by atoms with van der Waals surface area (Å²) in [7, 11) is 0. The summed E-state index contributed by atoms with van der Waals surface area (Å²) < 4.78 is 0. The van der Waals surface area contributed by atoms with Gasteiger partial charge in [0.1, 0.15) is 0 Å². The Hall–Kier alpha value is -2.17. The van der Waals surface area contributed by atoms with Crippen LogP contribution in [-0.2, 0) is 9.59 Å². The molecule has 0 bridgehead atoms. The maximum Gasteiger partial charge on any atom is 0.306 e. The highest BCUT2D eigenvalue weighted by Gasteiger charge is 2.33. The first-order valence-electron chi connectivity index (χ1n) is 6.62. The van der Waals surface area contributed by atoms with E-state index in [-0.39, 0.29) is 17.6 Å². The molecule has 2 N–H and O–H groups in total. The molecule has 1 aliphatic rings. The van der Waals surface area contributed by atoms with Gasteiger partial charge in [-0.3, -0.25) is 14.4 Å². The molecule has 0 aromatic heterocycles. The van der Waals surface area contributed by atoms with Crippen molar-refractivity contribution in [2.45, 2.75) is 26.2 Å². The number of carbonyl (C=O) groups is 3. The molecule has 5 nitrogen and oxygen atoms in total. The Balaban J connectivity index is 1.95. The Labute approximate surface area is 117 Å². The zero-order valence-corrected chi connectivity index (χ0v) is 11.3. The van der Waals surface area contributed by atoms with E-state index in [1.54, 1.807) is 24.3 Å². The van der Waals surface area contributed by atoms with Crippen molar-refractivity contribution in [3.8, 4) is 0 Å². The number of carboxylic acid groups (broad SMARTS) is 1. The van der Waals surface area contributed by atoms with Crippen LogP contribution >= 0.6 is 0 Å². The van der Waals surface area contributed by atoms with Crippen LogP contribution < -0.4 is 5.32 Å². The lowest BCUT2D eigenvalue weighted by Crippen LogP contribution is -2.21. The van der Waals surface area contributed by atoms with E-state index >= 15 is 0 Å². The summed E-state index contributed by atoms with van der Waals surface area (Å²) in [4.78, 5) is 34.0. The van der Waals surface area contributed by atoms with Crippen LogP contribution in [0.15, 0.2) is 24.3 Å². The van der Waals surface area contributed by atoms with Gasteiger partial charge < -0.3 is 10.4 Å². The van der Waals surface area contributed by atoms with Crippen LogP contribution in [0, 0.1) is 11.8 Å². The molecular formula is C15H17NO4. The average molecular weight is 275 g/mol. The lowest BCUT2D eigenvalue weighted by molar-refractivity contribution is -0.141. The molecule has 1 aromatic carbocycles. The van der Waals surface area contributed by atoms with Crippen molar-refractivity contribution >= 4 is 23.3 Å². The number of hydrogen-bond donors (Lipinski definition) is 2. The minimum atomic E-state index is -0.828. The third-order valence-corrected chi connectivity index (χ3v) is 3.71. The Bertz CT molecular complexity index is 535. The summed E-state index contributed by atoms with van der Waals surface area (Å²) in [5, 5.41) is 11.7. The number of ketones is 1. The number of nitrogens with one attached hydrogen (secondary N) is 1. The number of anilines is 1. The number of Topliss-reactive ketones (excluding diaryl/α,β-unsaturated/α-hetero) is 1. The minimum absolute atomic E-state index is 0.0250. The van der Waals surface area contributed by atoms with Crippen molar-refractivity contribution in [1.82, 2.24) is 0 Å². The van der Waals surface area contributed by atoms with Gasteiger partial charge in [-0.15, -0.1) is 0 Å². The molecule has 0 spiro atoms. The first-order chi connectivity index (χ1) is 9.47. The van der Waals surface area contributed by atoms with E-state index in [2.05, 4.69) is 5.32 Å². The standard InChI is InChI=1S/C15H17NO4/c1-9(17)10-4-6-13(7-5-10)16-14(18)11-2-3-12(8-11)15(19)20/h4-7,11-12H,2-3,8H2,1H3,(H,16,18)(H,19,20). The average Bonchev–Trinajstić information content (AvgIpc) is 2.89. The van der Waals surface area contributed by atoms with Crippen LogP contribution in [0.3, 0.4) is 0 Å². The highest BCUT2D eigenvalue weighted by Crippen LogP contribution is 2.31. The molecule has 0 heterocycles. The van der Waals surface area contributed by atoms with E-state index in [1.807, 2.05) is 0 Å². The van der Waals surface area contributed by atoms with Gasteiger partial charge in [-0.05, 0) is 50.5 Å². The fraction of sp³-hybridized carbons (Fsp3) is 0.400. The number of benzene rings is 1. The molecule has 0 saturated heterocycles. The van der Waals surface area contributed by atoms with Crippen molar-refractivity contribution in [3.63, 3.8) is 0 Å². The van der Waals surface area contributed by atoms with Crippen LogP contribution in [0.1, 0.15) is 36.5 Å². The molecule has 2 rings (SSSR count). The third-order valence-electron chi connectivity index (χ3n) is 3.71. The number of rotatable bonds is 4. The van der Waals surface area contributed by atoms with Gasteiger partial charge in [0.05, 0.1) is 5.92 Å². The van der Waals surface area contributed by atoms with Gasteiger partial charge in [0.2, 0.25) is 5.91 Å². The predicted octanol–water partition coefficient (Wildman–Crippen LogP) is 2.33. The van der Waals surface area contributed by atoms with Crippen LogP contribution in [0.5, 0.6) is 0 Å². The van der Waals surface area contributed by atoms with Crippen molar-refractivity contribution in [3.05, 3.63) is 29.8 Å². The van der Waals surface area contributed by atoms with Crippen molar-refractivity contribution in [2.24, 2.45) is 11.8 Å². The van der Waals surface area contributed by atoms with Crippen LogP contribution in [-0.4, -0.2) is 22.8 Å². The van der Waals surface area contributed by atoms with Gasteiger partial charge in [0.25, 0.3) is 0 Å². The monoisotopic (exact) mass is 275 g/mol. The molecule has 1 aromatic rings. The first kappa shape index (κ1) is 14.2. The fourth-order valence-electron chi connectivity index (χ4n) is 2.48. The van der Waals surface area contributed by atoms with Gasteiger partial charge in [0.15, 0.2) is 5.78 Å². The zero-order valence-electron chi connectivity index (χ0n) is 11.3. The van der Waals surface area contributed by atoms with E-state index in [0.717, 1.165) is 0 Å². The SMILES string of the molecule is CC(=O)c1ccc(NC(=O)C2CCC(C(=O)O)C2)cc1. The fourth-order valence-corrected chi connectivity index (χ4v) is 2.48. The Kier molecular flexibility index (Phi) is 4.17. The third kappa shape index (κ3) is 3.23. The summed E-state index contributed by atoms with van der Waals surface area (Å²) in [6, 6.07) is 6.68. The largest absolute Gasteiger partial charge is 0.481 e. The van der Waals surface area contributed by atoms with Crippen LogP contribution in [0.4, 0.5) is 5.69 Å². The molecule has 0 radical (unpaired) electrons. The highest BCUT2D eigenvalue weighted by molar-refractivity contribution is 5.96. The van der Waals surface area contributed by atoms with E-state index in [1.165, 1.54) is 6.92 Å². The second-order valence-electron chi connectivity index (χ2n) is 5.17. The minimum Gasteiger partial charge on any atom is -0.481 e. The molecule has 1 amide bonds. The van der Waals surface area contributed by atoms with Gasteiger partial charge in [-0.2, -0.15) is 0 Å². The second kappa shape index (κ2) is 5.86. The predicted molar refractivity (Wildman–Crippen MR) is 73.5 cm³/mol. The maximum absolute atomic E-state index is 12.0. The van der Waals surface area contributed by atoms with Gasteiger partial charge >= 0.3 is 5.97 Å². The molecule has 1 saturated carbocycles. The Morgan fingerprint density at radius 3 is 2.20 bits per heavy atom. The quantitative estimate of drug-likeness (QED) is 0.826. The normalized spacial score (nSPS) is 21.4. The molecule has 5 heteroatoms. The molecule has 2 unspecified atom stereocenters. The number of carbonyl (C=O) groups excluding carboxylic acids is 2. The number of hydrogen-bond acceptors (Lipinski definition) is 3. The van der Waals surface area contributed by atoms with E-state index < -0.39 is 11.9 Å². The molecule has 2 atom stereocenters. The van der Waals surface area contributed by atoms with Crippen molar-refractivity contribution in [2.75, 3.05) is 5.32 Å². The van der Waals surface area contributed by atoms with Crippen LogP contribution in [0.25, 0.3) is 0 Å². The summed E-state index contributed by atoms with van der Waals surface area (Å²) in [5.41, 5.74) is 1.22. The lowest BCUT2D eigenvalue weighted by atomic mass is 10.0. The van der Waals surface area contributed by atoms with Crippen LogP contribution in [0.2, 0.25) is 0 Å². The number of carboxylic acids is 1. The van der Waals surface area contributed by atoms with Gasteiger partial charge in [-0.1, -0.05) is 0 Å². The number of aliphatic carboxylic acids is 1. The second-order valence-corrected chi connectivity index (χ2v) is 5.17. The van der Waals surface area contributed by atoms with Crippen molar-refractivity contribution in [1.29, 1.82) is 0 Å².